The highest BCUT2D eigenvalue weighted by atomic mass is 19.4. The Morgan fingerprint density at radius 2 is 1.52 bits per heavy atom. The minimum atomic E-state index is -4.79. The Morgan fingerprint density at radius 3 is 1.90 bits per heavy atom. The van der Waals surface area contributed by atoms with Gasteiger partial charge in [-0.2, -0.15) is 0 Å². The van der Waals surface area contributed by atoms with Gasteiger partial charge in [0, 0.05) is 6.54 Å². The molecule has 6 nitrogen and oxygen atoms in total. The summed E-state index contributed by atoms with van der Waals surface area (Å²) in [4.78, 5) is 22.4. The molecule has 0 amide bonds. The van der Waals surface area contributed by atoms with Crippen molar-refractivity contribution in [2.75, 3.05) is 13.1 Å². The standard InChI is InChI=1S/C12H12F3NO5/c13-12(14,15)21-9-3-1-8(2-4-9)5-16(6-10(17)18)7-11(19)20/h1-4H,5-7H2,(H,17,18)(H,19,20). The van der Waals surface area contributed by atoms with E-state index in [4.69, 9.17) is 10.2 Å². The largest absolute Gasteiger partial charge is 0.573 e. The van der Waals surface area contributed by atoms with Crippen molar-refractivity contribution in [3.8, 4) is 5.75 Å². The molecule has 116 valence electrons. The Bertz CT molecular complexity index is 485. The first kappa shape index (κ1) is 16.8. The average molecular weight is 307 g/mol. The number of alkyl halides is 3. The molecule has 1 rings (SSSR count). The first-order valence-corrected chi connectivity index (χ1v) is 5.66. The van der Waals surface area contributed by atoms with Gasteiger partial charge >= 0.3 is 18.3 Å². The molecule has 9 heteroatoms. The predicted molar refractivity (Wildman–Crippen MR) is 63.7 cm³/mol. The van der Waals surface area contributed by atoms with Crippen LogP contribution >= 0.6 is 0 Å². The molecule has 0 aromatic heterocycles. The van der Waals surface area contributed by atoms with Crippen molar-refractivity contribution in [3.63, 3.8) is 0 Å². The third kappa shape index (κ3) is 7.16. The number of benzene rings is 1. The van der Waals surface area contributed by atoms with E-state index in [1.807, 2.05) is 0 Å². The minimum absolute atomic E-state index is 0.0229. The second kappa shape index (κ2) is 6.93. The highest BCUT2D eigenvalue weighted by Gasteiger charge is 2.30. The van der Waals surface area contributed by atoms with E-state index in [1.54, 1.807) is 0 Å². The molecular weight excluding hydrogens is 295 g/mol. The average Bonchev–Trinajstić information content (AvgIpc) is 2.28. The maximum Gasteiger partial charge on any atom is 0.573 e. The lowest BCUT2D eigenvalue weighted by Gasteiger charge is -2.18. The van der Waals surface area contributed by atoms with E-state index in [1.165, 1.54) is 12.1 Å². The van der Waals surface area contributed by atoms with Crippen LogP contribution in [0.3, 0.4) is 0 Å². The first-order valence-electron chi connectivity index (χ1n) is 5.66. The monoisotopic (exact) mass is 307 g/mol. The summed E-state index contributed by atoms with van der Waals surface area (Å²) in [5.41, 5.74) is 0.465. The topological polar surface area (TPSA) is 87.1 Å². The van der Waals surface area contributed by atoms with Crippen LogP contribution in [0.15, 0.2) is 24.3 Å². The number of carboxylic acids is 2. The van der Waals surface area contributed by atoms with Gasteiger partial charge in [-0.25, -0.2) is 0 Å². The Labute approximate surface area is 117 Å². The Hall–Kier alpha value is -2.29. The molecule has 0 spiro atoms. The lowest BCUT2D eigenvalue weighted by Crippen LogP contribution is -2.33. The number of carboxylic acid groups (broad SMARTS) is 2. The van der Waals surface area contributed by atoms with Crippen LogP contribution in [0.4, 0.5) is 13.2 Å². The zero-order chi connectivity index (χ0) is 16.0. The molecule has 0 heterocycles. The number of hydrogen-bond acceptors (Lipinski definition) is 4. The highest BCUT2D eigenvalue weighted by molar-refractivity contribution is 5.72. The summed E-state index contributed by atoms with van der Waals surface area (Å²) in [5.74, 6) is -2.81. The van der Waals surface area contributed by atoms with E-state index in [0.717, 1.165) is 17.0 Å². The van der Waals surface area contributed by atoms with Gasteiger partial charge in [0.15, 0.2) is 0 Å². The fourth-order valence-electron chi connectivity index (χ4n) is 1.61. The van der Waals surface area contributed by atoms with Crippen LogP contribution in [-0.2, 0) is 16.1 Å². The SMILES string of the molecule is O=C(O)CN(CC(=O)O)Cc1ccc(OC(F)(F)F)cc1. The second-order valence-electron chi connectivity index (χ2n) is 4.12. The number of rotatable bonds is 7. The summed E-state index contributed by atoms with van der Waals surface area (Å²) < 4.78 is 39.6. The molecule has 0 radical (unpaired) electrons. The molecule has 0 aliphatic heterocycles. The van der Waals surface area contributed by atoms with Crippen LogP contribution < -0.4 is 4.74 Å². The third-order valence-electron chi connectivity index (χ3n) is 2.28. The lowest BCUT2D eigenvalue weighted by atomic mass is 10.2. The van der Waals surface area contributed by atoms with Gasteiger partial charge in [0.25, 0.3) is 0 Å². The summed E-state index contributed by atoms with van der Waals surface area (Å²) in [5, 5.41) is 17.3. The summed E-state index contributed by atoms with van der Waals surface area (Å²) >= 11 is 0. The molecule has 1 aromatic rings. The fourth-order valence-corrected chi connectivity index (χ4v) is 1.61. The van der Waals surface area contributed by atoms with Crippen LogP contribution in [-0.4, -0.2) is 46.5 Å². The normalized spacial score (nSPS) is 11.4. The third-order valence-corrected chi connectivity index (χ3v) is 2.28. The van der Waals surface area contributed by atoms with Crippen molar-refractivity contribution >= 4 is 11.9 Å². The van der Waals surface area contributed by atoms with Crippen molar-refractivity contribution in [2.24, 2.45) is 0 Å². The molecule has 2 N–H and O–H groups in total. The minimum Gasteiger partial charge on any atom is -0.480 e. The smallest absolute Gasteiger partial charge is 0.480 e. The lowest BCUT2D eigenvalue weighted by molar-refractivity contribution is -0.274. The van der Waals surface area contributed by atoms with Crippen molar-refractivity contribution < 1.29 is 37.7 Å². The van der Waals surface area contributed by atoms with Crippen LogP contribution in [0, 0.1) is 0 Å². The van der Waals surface area contributed by atoms with Crippen LogP contribution in [0.25, 0.3) is 0 Å². The number of nitrogens with zero attached hydrogens (tertiary/aromatic N) is 1. The van der Waals surface area contributed by atoms with Gasteiger partial charge in [-0.05, 0) is 17.7 Å². The van der Waals surface area contributed by atoms with Crippen LogP contribution in [0.1, 0.15) is 5.56 Å². The molecule has 0 unspecified atom stereocenters. The Kier molecular flexibility index (Phi) is 5.53. The summed E-state index contributed by atoms with van der Waals surface area (Å²) in [6.07, 6.45) is -4.79. The molecule has 0 bridgehead atoms. The van der Waals surface area contributed by atoms with Crippen molar-refractivity contribution in [2.45, 2.75) is 12.9 Å². The van der Waals surface area contributed by atoms with Crippen LogP contribution in [0.2, 0.25) is 0 Å². The van der Waals surface area contributed by atoms with Gasteiger partial charge in [0.2, 0.25) is 0 Å². The van der Waals surface area contributed by atoms with Crippen molar-refractivity contribution in [1.29, 1.82) is 0 Å². The summed E-state index contributed by atoms with van der Waals surface area (Å²) in [7, 11) is 0. The zero-order valence-electron chi connectivity index (χ0n) is 10.6. The van der Waals surface area contributed by atoms with E-state index >= 15 is 0 Å². The summed E-state index contributed by atoms with van der Waals surface area (Å²) in [6.45, 7) is -1.01. The molecule has 21 heavy (non-hydrogen) atoms. The molecule has 0 atom stereocenters. The van der Waals surface area contributed by atoms with Gasteiger partial charge < -0.3 is 14.9 Å². The summed E-state index contributed by atoms with van der Waals surface area (Å²) in [6, 6.07) is 4.75. The first-order chi connectivity index (χ1) is 9.65. The number of ether oxygens (including phenoxy) is 1. The van der Waals surface area contributed by atoms with Gasteiger partial charge in [0.1, 0.15) is 5.75 Å². The van der Waals surface area contributed by atoms with E-state index < -0.39 is 37.1 Å². The molecule has 0 aliphatic carbocycles. The van der Waals surface area contributed by atoms with Gasteiger partial charge in [-0.15, -0.1) is 13.2 Å². The van der Waals surface area contributed by atoms with E-state index in [9.17, 15) is 22.8 Å². The molecule has 0 saturated heterocycles. The number of halogens is 3. The Morgan fingerprint density at radius 1 is 1.05 bits per heavy atom. The molecule has 0 aliphatic rings. The predicted octanol–water partition coefficient (Wildman–Crippen LogP) is 1.56. The zero-order valence-corrected chi connectivity index (χ0v) is 10.6. The van der Waals surface area contributed by atoms with Crippen molar-refractivity contribution in [3.05, 3.63) is 29.8 Å². The van der Waals surface area contributed by atoms with E-state index in [0.29, 0.717) is 5.56 Å². The van der Waals surface area contributed by atoms with Gasteiger partial charge in [-0.3, -0.25) is 14.5 Å². The number of carbonyl (C=O) groups is 2. The van der Waals surface area contributed by atoms with E-state index in [-0.39, 0.29) is 6.54 Å². The molecular formula is C12H12F3NO5. The maximum atomic E-state index is 12.0. The fraction of sp³-hybridized carbons (Fsp3) is 0.333. The van der Waals surface area contributed by atoms with Crippen LogP contribution in [0.5, 0.6) is 5.75 Å². The maximum absolute atomic E-state index is 12.0. The Balaban J connectivity index is 2.71. The van der Waals surface area contributed by atoms with E-state index in [2.05, 4.69) is 4.74 Å². The molecule has 0 fully saturated rings. The second-order valence-corrected chi connectivity index (χ2v) is 4.12. The highest BCUT2D eigenvalue weighted by Crippen LogP contribution is 2.23. The molecule has 1 aromatic carbocycles. The molecule has 0 saturated carbocycles. The van der Waals surface area contributed by atoms with Gasteiger partial charge in [0.05, 0.1) is 13.1 Å². The number of aliphatic carboxylic acids is 2. The van der Waals surface area contributed by atoms with Gasteiger partial charge in [-0.1, -0.05) is 12.1 Å². The number of hydrogen-bond donors (Lipinski definition) is 2. The van der Waals surface area contributed by atoms with Crippen molar-refractivity contribution in [1.82, 2.24) is 4.90 Å². The quantitative estimate of drug-likeness (QED) is 0.795.